The molecule has 0 amide bonds. The van der Waals surface area contributed by atoms with E-state index in [-0.39, 0.29) is 5.82 Å². The average Bonchev–Trinajstić information content (AvgIpc) is 3.07. The minimum atomic E-state index is -0.225. The summed E-state index contributed by atoms with van der Waals surface area (Å²) in [5.41, 5.74) is 3.96. The van der Waals surface area contributed by atoms with Crippen molar-refractivity contribution in [1.29, 1.82) is 0 Å². The summed E-state index contributed by atoms with van der Waals surface area (Å²) in [6, 6.07) is 13.6. The molecule has 2 fully saturated rings. The normalized spacial score (nSPS) is 23.8. The van der Waals surface area contributed by atoms with Crippen LogP contribution in [0.25, 0.3) is 16.9 Å². The highest BCUT2D eigenvalue weighted by Crippen LogP contribution is 2.27. The number of morpholine rings is 1. The number of pyridine rings is 1. The van der Waals surface area contributed by atoms with Gasteiger partial charge < -0.3 is 9.14 Å². The van der Waals surface area contributed by atoms with Gasteiger partial charge in [0.2, 0.25) is 0 Å². The summed E-state index contributed by atoms with van der Waals surface area (Å²) in [5, 5.41) is 0. The Hall–Kier alpha value is -2.28. The first-order chi connectivity index (χ1) is 13.7. The second kappa shape index (κ2) is 7.28. The monoisotopic (exact) mass is 380 g/mol. The van der Waals surface area contributed by atoms with Crippen LogP contribution in [-0.2, 0) is 11.3 Å². The minimum absolute atomic E-state index is 0.225. The number of halogens is 1. The van der Waals surface area contributed by atoms with Crippen molar-refractivity contribution < 1.29 is 9.13 Å². The molecule has 4 heterocycles. The van der Waals surface area contributed by atoms with Gasteiger partial charge in [0.15, 0.2) is 0 Å². The molecule has 0 radical (unpaired) electrons. The van der Waals surface area contributed by atoms with Gasteiger partial charge in [-0.05, 0) is 43.3 Å². The van der Waals surface area contributed by atoms with E-state index in [0.29, 0.717) is 12.1 Å². The summed E-state index contributed by atoms with van der Waals surface area (Å²) in [4.78, 5) is 9.92. The van der Waals surface area contributed by atoms with E-state index in [1.807, 2.05) is 30.3 Å². The fourth-order valence-electron chi connectivity index (χ4n) is 4.52. The lowest BCUT2D eigenvalue weighted by molar-refractivity contribution is -0.0767. The molecule has 2 aromatic heterocycles. The van der Waals surface area contributed by atoms with Crippen LogP contribution in [0.1, 0.15) is 12.6 Å². The predicted molar refractivity (Wildman–Crippen MR) is 107 cm³/mol. The molecule has 0 unspecified atom stereocenters. The van der Waals surface area contributed by atoms with E-state index in [1.165, 1.54) is 12.1 Å². The maximum atomic E-state index is 13.4. The summed E-state index contributed by atoms with van der Waals surface area (Å²) in [6.45, 7) is 7.79. The topological polar surface area (TPSA) is 33.0 Å². The maximum absolute atomic E-state index is 13.4. The Morgan fingerprint density at radius 2 is 1.96 bits per heavy atom. The Bertz CT molecular complexity index is 970. The third-order valence-electron chi connectivity index (χ3n) is 5.97. The highest BCUT2D eigenvalue weighted by atomic mass is 19.1. The van der Waals surface area contributed by atoms with Crippen molar-refractivity contribution in [2.45, 2.75) is 25.6 Å². The lowest BCUT2D eigenvalue weighted by atomic mass is 10.1. The van der Waals surface area contributed by atoms with Crippen LogP contribution in [0.3, 0.4) is 0 Å². The molecule has 6 heteroatoms. The second-order valence-corrected chi connectivity index (χ2v) is 7.86. The van der Waals surface area contributed by atoms with Gasteiger partial charge in [-0.1, -0.05) is 6.07 Å². The fourth-order valence-corrected chi connectivity index (χ4v) is 4.52. The summed E-state index contributed by atoms with van der Waals surface area (Å²) in [7, 11) is 0. The number of benzene rings is 1. The van der Waals surface area contributed by atoms with Crippen LogP contribution in [0.15, 0.2) is 48.7 Å². The Kier molecular flexibility index (Phi) is 4.62. The van der Waals surface area contributed by atoms with Gasteiger partial charge in [0, 0.05) is 50.0 Å². The number of aromatic nitrogens is 2. The number of nitrogens with zero attached hydrogens (tertiary/aromatic N) is 4. The average molecular weight is 380 g/mol. The molecule has 28 heavy (non-hydrogen) atoms. The highest BCUT2D eigenvalue weighted by Gasteiger charge is 2.34. The molecule has 0 bridgehead atoms. The van der Waals surface area contributed by atoms with E-state index < -0.39 is 0 Å². The Balaban J connectivity index is 1.46. The van der Waals surface area contributed by atoms with E-state index in [0.717, 1.165) is 62.0 Å². The molecule has 0 aliphatic carbocycles. The molecular weight excluding hydrogens is 355 g/mol. The van der Waals surface area contributed by atoms with Gasteiger partial charge in [0.05, 0.1) is 24.6 Å². The summed E-state index contributed by atoms with van der Waals surface area (Å²) in [6.07, 6.45) is 2.06. The number of hydrogen-bond acceptors (Lipinski definition) is 4. The van der Waals surface area contributed by atoms with Crippen LogP contribution < -0.4 is 0 Å². The Morgan fingerprint density at radius 3 is 2.82 bits per heavy atom. The third-order valence-corrected chi connectivity index (χ3v) is 5.97. The first-order valence-electron chi connectivity index (χ1n) is 9.97. The number of hydrogen-bond donors (Lipinski definition) is 0. The molecule has 0 spiro atoms. The molecule has 5 nitrogen and oxygen atoms in total. The number of piperazine rings is 1. The third kappa shape index (κ3) is 3.21. The van der Waals surface area contributed by atoms with E-state index in [2.05, 4.69) is 27.3 Å². The zero-order valence-corrected chi connectivity index (χ0v) is 16.1. The molecule has 146 valence electrons. The summed E-state index contributed by atoms with van der Waals surface area (Å²) < 4.78 is 21.4. The molecule has 3 aromatic rings. The predicted octanol–water partition coefficient (Wildman–Crippen LogP) is 3.05. The quantitative estimate of drug-likeness (QED) is 0.699. The van der Waals surface area contributed by atoms with Gasteiger partial charge in [-0.3, -0.25) is 9.80 Å². The van der Waals surface area contributed by atoms with Gasteiger partial charge in [-0.15, -0.1) is 0 Å². The van der Waals surface area contributed by atoms with E-state index in [4.69, 9.17) is 9.72 Å². The van der Waals surface area contributed by atoms with Crippen LogP contribution in [-0.4, -0.2) is 64.1 Å². The lowest BCUT2D eigenvalue weighted by Crippen LogP contribution is -2.60. The lowest BCUT2D eigenvalue weighted by Gasteiger charge is -2.47. The summed E-state index contributed by atoms with van der Waals surface area (Å²) >= 11 is 0. The van der Waals surface area contributed by atoms with Crippen molar-refractivity contribution in [2.75, 3.05) is 32.8 Å². The molecule has 5 rings (SSSR count). The zero-order chi connectivity index (χ0) is 19.1. The van der Waals surface area contributed by atoms with Crippen molar-refractivity contribution >= 4 is 5.65 Å². The minimum Gasteiger partial charge on any atom is -0.378 e. The SMILES string of the molecule is C[C@H]1COC[C@H]2CN(Cc3c(-c4ccc(F)cc4)nc4ccccn34)CCN21. The first-order valence-corrected chi connectivity index (χ1v) is 9.97. The van der Waals surface area contributed by atoms with Crippen LogP contribution in [0.2, 0.25) is 0 Å². The first kappa shape index (κ1) is 17.8. The Morgan fingerprint density at radius 1 is 1.11 bits per heavy atom. The van der Waals surface area contributed by atoms with Gasteiger partial charge >= 0.3 is 0 Å². The van der Waals surface area contributed by atoms with E-state index >= 15 is 0 Å². The Labute approximate surface area is 164 Å². The van der Waals surface area contributed by atoms with Crippen LogP contribution in [0.5, 0.6) is 0 Å². The smallest absolute Gasteiger partial charge is 0.137 e. The van der Waals surface area contributed by atoms with Crippen molar-refractivity contribution in [1.82, 2.24) is 19.2 Å². The fraction of sp³-hybridized carbons (Fsp3) is 0.409. The zero-order valence-electron chi connectivity index (χ0n) is 16.1. The number of fused-ring (bicyclic) bond motifs is 2. The van der Waals surface area contributed by atoms with Crippen LogP contribution in [0, 0.1) is 5.82 Å². The number of rotatable bonds is 3. The van der Waals surface area contributed by atoms with Crippen LogP contribution in [0.4, 0.5) is 4.39 Å². The van der Waals surface area contributed by atoms with E-state index in [9.17, 15) is 4.39 Å². The standard InChI is InChI=1S/C22H25FN4O/c1-16-14-28-15-19-12-25(10-11-26(16)19)13-20-22(17-5-7-18(23)8-6-17)24-21-4-2-3-9-27(20)21/h2-9,16,19H,10-15H2,1H3/t16-,19+/m0/s1. The molecular formula is C22H25FN4O. The van der Waals surface area contributed by atoms with Crippen molar-refractivity contribution in [3.05, 3.63) is 60.2 Å². The van der Waals surface area contributed by atoms with Gasteiger partial charge in [0.25, 0.3) is 0 Å². The molecule has 2 aliphatic heterocycles. The van der Waals surface area contributed by atoms with E-state index in [1.54, 1.807) is 0 Å². The summed E-state index contributed by atoms with van der Waals surface area (Å²) in [5.74, 6) is -0.225. The molecule has 0 saturated carbocycles. The second-order valence-electron chi connectivity index (χ2n) is 7.86. The molecule has 1 aromatic carbocycles. The van der Waals surface area contributed by atoms with Gasteiger partial charge in [-0.2, -0.15) is 0 Å². The van der Waals surface area contributed by atoms with Crippen molar-refractivity contribution in [3.8, 4) is 11.3 Å². The van der Waals surface area contributed by atoms with Crippen molar-refractivity contribution in [3.63, 3.8) is 0 Å². The largest absolute Gasteiger partial charge is 0.378 e. The molecule has 2 aliphatic rings. The van der Waals surface area contributed by atoms with Gasteiger partial charge in [0.1, 0.15) is 11.5 Å². The maximum Gasteiger partial charge on any atom is 0.137 e. The number of imidazole rings is 1. The molecule has 0 N–H and O–H groups in total. The van der Waals surface area contributed by atoms with Crippen LogP contribution >= 0.6 is 0 Å². The van der Waals surface area contributed by atoms with Gasteiger partial charge in [-0.25, -0.2) is 9.37 Å². The van der Waals surface area contributed by atoms with Crippen molar-refractivity contribution in [2.24, 2.45) is 0 Å². The molecule has 2 saturated heterocycles. The highest BCUT2D eigenvalue weighted by molar-refractivity contribution is 5.66. The number of ether oxygens (including phenoxy) is 1. The molecule has 2 atom stereocenters.